The van der Waals surface area contributed by atoms with Gasteiger partial charge >= 0.3 is 13.7 Å². The molecule has 3 heterocycles. The molecule has 0 radical (unpaired) electrons. The second-order valence-electron chi connectivity index (χ2n) is 10.8. The first-order valence-electron chi connectivity index (χ1n) is 14.0. The van der Waals surface area contributed by atoms with Crippen molar-refractivity contribution in [2.45, 2.75) is 37.8 Å². The number of imidazole rings is 1. The SMILES string of the molecule is CN(NS(C)(=O)=O)c1nc(N)nc2c1ncn2[C@@H]1OC(OP(=O)(NCC(=O)OCc2ccccc2)Oc2ccc(Cl)cc2)C(O)[C@@]1(C)O. The fraction of sp³-hybridized carbons (Fsp3) is 0.333. The average Bonchev–Trinajstić information content (AvgIpc) is 3.52. The van der Waals surface area contributed by atoms with E-state index in [2.05, 4.69) is 24.9 Å². The van der Waals surface area contributed by atoms with E-state index in [0.29, 0.717) is 5.02 Å². The van der Waals surface area contributed by atoms with Gasteiger partial charge in [0.05, 0.1) is 12.6 Å². The summed E-state index contributed by atoms with van der Waals surface area (Å²) in [6.07, 6.45) is -3.04. The maximum absolute atomic E-state index is 14.1. The second kappa shape index (κ2) is 13.9. The number of esters is 1. The summed E-state index contributed by atoms with van der Waals surface area (Å²) in [5.74, 6) is -1.09. The van der Waals surface area contributed by atoms with Gasteiger partial charge in [-0.1, -0.05) is 41.9 Å². The third kappa shape index (κ3) is 8.20. The Balaban J connectivity index is 1.39. The zero-order chi connectivity index (χ0) is 34.9. The van der Waals surface area contributed by atoms with Crippen molar-refractivity contribution in [1.82, 2.24) is 29.4 Å². The van der Waals surface area contributed by atoms with Gasteiger partial charge in [-0.05, 0) is 36.8 Å². The number of nitrogens with two attached hydrogens (primary N) is 1. The number of ether oxygens (including phenoxy) is 2. The highest BCUT2D eigenvalue weighted by Gasteiger charge is 2.56. The van der Waals surface area contributed by atoms with E-state index in [4.69, 9.17) is 35.9 Å². The van der Waals surface area contributed by atoms with Crippen LogP contribution in [0.25, 0.3) is 11.2 Å². The van der Waals surface area contributed by atoms with Crippen LogP contribution in [0.4, 0.5) is 11.8 Å². The minimum absolute atomic E-state index is 0.0161. The molecule has 2 aromatic heterocycles. The zero-order valence-electron chi connectivity index (χ0n) is 25.6. The topological polar surface area (TPSA) is 243 Å². The van der Waals surface area contributed by atoms with E-state index in [1.807, 2.05) is 6.07 Å². The molecule has 18 nitrogen and oxygen atoms in total. The van der Waals surface area contributed by atoms with Crippen LogP contribution in [0, 0.1) is 0 Å². The molecule has 4 aromatic rings. The van der Waals surface area contributed by atoms with Crippen LogP contribution >= 0.6 is 19.3 Å². The van der Waals surface area contributed by atoms with Gasteiger partial charge in [0.2, 0.25) is 22.3 Å². The molecule has 1 aliphatic heterocycles. The maximum Gasteiger partial charge on any atom is 0.461 e. The van der Waals surface area contributed by atoms with Crippen molar-refractivity contribution >= 4 is 58.3 Å². The first-order valence-corrected chi connectivity index (χ1v) is 17.8. The van der Waals surface area contributed by atoms with Gasteiger partial charge in [0, 0.05) is 12.1 Å². The number of fused-ring (bicyclic) bond motifs is 1. The van der Waals surface area contributed by atoms with E-state index in [-0.39, 0.29) is 35.3 Å². The van der Waals surface area contributed by atoms with E-state index in [0.717, 1.165) is 16.8 Å². The summed E-state index contributed by atoms with van der Waals surface area (Å²) in [6.45, 7) is 0.536. The molecule has 1 aliphatic rings. The van der Waals surface area contributed by atoms with Crippen LogP contribution in [0.1, 0.15) is 18.7 Å². The van der Waals surface area contributed by atoms with Gasteiger partial charge in [0.25, 0.3) is 0 Å². The number of nitrogen functional groups attached to an aromatic ring is 1. The van der Waals surface area contributed by atoms with Crippen LogP contribution in [-0.4, -0.2) is 82.0 Å². The molecule has 6 N–H and O–H groups in total. The second-order valence-corrected chi connectivity index (χ2v) is 14.7. The van der Waals surface area contributed by atoms with Crippen molar-refractivity contribution in [3.63, 3.8) is 0 Å². The summed E-state index contributed by atoms with van der Waals surface area (Å²) in [7, 11) is -6.94. The largest absolute Gasteiger partial charge is 0.461 e. The lowest BCUT2D eigenvalue weighted by atomic mass is 9.99. The predicted molar refractivity (Wildman–Crippen MR) is 172 cm³/mol. The number of nitrogens with one attached hydrogen (secondary N) is 2. The number of halogens is 1. The number of anilines is 2. The average molecular weight is 727 g/mol. The number of sulfonamides is 1. The highest BCUT2D eigenvalue weighted by atomic mass is 35.5. The van der Waals surface area contributed by atoms with E-state index < -0.39 is 54.5 Å². The van der Waals surface area contributed by atoms with Crippen LogP contribution < -0.4 is 25.2 Å². The lowest BCUT2D eigenvalue weighted by Crippen LogP contribution is -2.44. The number of carbonyl (C=O) groups is 1. The van der Waals surface area contributed by atoms with Crippen molar-refractivity contribution in [3.05, 3.63) is 71.5 Å². The molecule has 2 aromatic carbocycles. The third-order valence-corrected chi connectivity index (χ3v) is 9.19. The number of aliphatic hydroxyl groups excluding tert-OH is 1. The van der Waals surface area contributed by atoms with Crippen LogP contribution in [0.15, 0.2) is 60.9 Å². The molecule has 0 saturated carbocycles. The molecule has 21 heteroatoms. The van der Waals surface area contributed by atoms with E-state index in [1.165, 1.54) is 49.1 Å². The quantitative estimate of drug-likeness (QED) is 0.0744. The van der Waals surface area contributed by atoms with Gasteiger partial charge in [0.1, 0.15) is 30.6 Å². The van der Waals surface area contributed by atoms with Crippen LogP contribution in [0.2, 0.25) is 5.02 Å². The Bertz CT molecular complexity index is 1930. The Hall–Kier alpha value is -3.91. The molecule has 3 unspecified atom stereocenters. The molecule has 0 bridgehead atoms. The third-order valence-electron chi connectivity index (χ3n) is 6.85. The van der Waals surface area contributed by atoms with E-state index in [1.54, 1.807) is 24.3 Å². The molecule has 0 spiro atoms. The van der Waals surface area contributed by atoms with Gasteiger partial charge in [-0.15, -0.1) is 4.83 Å². The lowest BCUT2D eigenvalue weighted by molar-refractivity contribution is -0.144. The molecular weight excluding hydrogens is 695 g/mol. The normalized spacial score (nSPS) is 22.3. The Morgan fingerprint density at radius 2 is 1.90 bits per heavy atom. The molecule has 258 valence electrons. The standard InChI is InChI=1S/C27H32ClN8O10PS/c1-27(39)21(38)24(44-25(27)36-15-30-20-22(32-26(29)33-23(20)36)35(2)34-48(3,41)42)46-47(40,45-18-11-9-17(28)10-12-18)31-13-19(37)43-14-16-7-5-4-6-8-16/h4-12,15,21,24-25,34,38-39H,13-14H2,1-3H3,(H,31,40)(H2,29,32,33)/t21?,24?,25-,27-,47?/m1/s1. The van der Waals surface area contributed by atoms with Crippen molar-refractivity contribution < 1.29 is 46.5 Å². The van der Waals surface area contributed by atoms with Gasteiger partial charge in [0.15, 0.2) is 23.2 Å². The highest BCUT2D eigenvalue weighted by Crippen LogP contribution is 2.50. The molecule has 1 saturated heterocycles. The lowest BCUT2D eigenvalue weighted by Gasteiger charge is -2.27. The Labute approximate surface area is 279 Å². The summed E-state index contributed by atoms with van der Waals surface area (Å²) in [5, 5.41) is 26.4. The van der Waals surface area contributed by atoms with Crippen LogP contribution in [-0.2, 0) is 40.0 Å². The number of benzene rings is 2. The molecule has 1 fully saturated rings. The molecule has 48 heavy (non-hydrogen) atoms. The van der Waals surface area contributed by atoms with Crippen molar-refractivity contribution in [2.75, 3.05) is 30.6 Å². The van der Waals surface area contributed by atoms with Crippen LogP contribution in [0.3, 0.4) is 0 Å². The minimum Gasteiger partial charge on any atom is -0.460 e. The summed E-state index contributed by atoms with van der Waals surface area (Å²) in [5.41, 5.74) is 4.52. The maximum atomic E-state index is 14.1. The van der Waals surface area contributed by atoms with Gasteiger partial charge in [-0.2, -0.15) is 9.97 Å². The van der Waals surface area contributed by atoms with Gasteiger partial charge in [-0.25, -0.2) is 23.1 Å². The molecular formula is C27H32ClN8O10PS. The Kier molecular flexibility index (Phi) is 10.3. The van der Waals surface area contributed by atoms with Crippen LogP contribution in [0.5, 0.6) is 5.75 Å². The highest BCUT2D eigenvalue weighted by molar-refractivity contribution is 7.88. The summed E-state index contributed by atoms with van der Waals surface area (Å²) in [6, 6.07) is 14.6. The zero-order valence-corrected chi connectivity index (χ0v) is 28.1. The number of hydrogen-bond acceptors (Lipinski definition) is 15. The number of hydrazine groups is 1. The van der Waals surface area contributed by atoms with Gasteiger partial charge < -0.3 is 29.9 Å². The fourth-order valence-corrected chi connectivity index (χ4v) is 6.67. The Morgan fingerprint density at radius 3 is 2.56 bits per heavy atom. The molecule has 0 aliphatic carbocycles. The summed E-state index contributed by atoms with van der Waals surface area (Å²) >= 11 is 5.96. The predicted octanol–water partition coefficient (Wildman–Crippen LogP) is 1.47. The number of carbonyl (C=O) groups excluding carboxylic acids is 1. The summed E-state index contributed by atoms with van der Waals surface area (Å²) < 4.78 is 61.2. The number of nitrogens with zero attached hydrogens (tertiary/aromatic N) is 5. The first-order chi connectivity index (χ1) is 22.5. The number of aliphatic hydroxyl groups is 2. The Morgan fingerprint density at radius 1 is 1.21 bits per heavy atom. The van der Waals surface area contributed by atoms with E-state index >= 15 is 0 Å². The molecule has 0 amide bonds. The minimum atomic E-state index is -4.58. The molecule has 5 rings (SSSR count). The molecule has 5 atom stereocenters. The van der Waals surface area contributed by atoms with E-state index in [9.17, 15) is 28.0 Å². The van der Waals surface area contributed by atoms with Crippen molar-refractivity contribution in [3.8, 4) is 5.75 Å². The fourth-order valence-electron chi connectivity index (χ4n) is 4.62. The number of hydrogen-bond donors (Lipinski definition) is 5. The first kappa shape index (κ1) is 35.4. The van der Waals surface area contributed by atoms with Crippen molar-refractivity contribution in [2.24, 2.45) is 0 Å². The number of aromatic nitrogens is 4. The summed E-state index contributed by atoms with van der Waals surface area (Å²) in [4.78, 5) is 27.2. The van der Waals surface area contributed by atoms with Crippen molar-refractivity contribution in [1.29, 1.82) is 0 Å². The smallest absolute Gasteiger partial charge is 0.460 e. The number of rotatable bonds is 13. The van der Waals surface area contributed by atoms with Gasteiger partial charge in [-0.3, -0.25) is 18.9 Å². The monoisotopic (exact) mass is 726 g/mol.